The van der Waals surface area contributed by atoms with Crippen molar-refractivity contribution >= 4 is 34.2 Å². The Morgan fingerprint density at radius 2 is 2.11 bits per heavy atom. The van der Waals surface area contributed by atoms with Crippen LogP contribution >= 0.6 is 22.6 Å². The van der Waals surface area contributed by atoms with E-state index in [0.717, 1.165) is 22.3 Å². The lowest BCUT2D eigenvalue weighted by atomic mass is 9.87. The molecule has 1 heterocycles. The van der Waals surface area contributed by atoms with Crippen LogP contribution in [0.25, 0.3) is 0 Å². The smallest absolute Gasteiger partial charge is 0.329 e. The van der Waals surface area contributed by atoms with Gasteiger partial charge < -0.3 is 15.3 Å². The number of hydrogen-bond donors (Lipinski definition) is 2. The maximum absolute atomic E-state index is 11.6. The molecule has 0 radical (unpaired) electrons. The van der Waals surface area contributed by atoms with Gasteiger partial charge in [-0.2, -0.15) is 0 Å². The molecule has 1 aliphatic heterocycles. The molecule has 0 amide bonds. The summed E-state index contributed by atoms with van der Waals surface area (Å²) >= 11 is 2.23. The Morgan fingerprint density at radius 1 is 1.44 bits per heavy atom. The number of likely N-dealkylation sites (tertiary alicyclic amines) is 1. The van der Waals surface area contributed by atoms with Gasteiger partial charge in [0.1, 0.15) is 5.54 Å². The second-order valence-electron chi connectivity index (χ2n) is 4.83. The van der Waals surface area contributed by atoms with E-state index in [2.05, 4.69) is 32.8 Å². The van der Waals surface area contributed by atoms with Crippen molar-refractivity contribution < 1.29 is 9.90 Å². The standard InChI is InChI=1S/C13H17IN2O2/c1-16-7-5-13(6-8-16,12(17)18)15-11-4-2-3-10(14)9-11/h2-4,9,15H,5-8H2,1H3,(H,17,18). The highest BCUT2D eigenvalue weighted by Gasteiger charge is 2.40. The molecule has 4 nitrogen and oxygen atoms in total. The van der Waals surface area contributed by atoms with Gasteiger partial charge in [0.15, 0.2) is 0 Å². The van der Waals surface area contributed by atoms with Gasteiger partial charge in [0.05, 0.1) is 0 Å². The van der Waals surface area contributed by atoms with Crippen LogP contribution in [-0.2, 0) is 4.79 Å². The highest BCUT2D eigenvalue weighted by Crippen LogP contribution is 2.27. The second kappa shape index (κ2) is 5.44. The molecule has 1 aromatic carbocycles. The highest BCUT2D eigenvalue weighted by atomic mass is 127. The van der Waals surface area contributed by atoms with Crippen LogP contribution in [0.4, 0.5) is 5.69 Å². The summed E-state index contributed by atoms with van der Waals surface area (Å²) in [5, 5.41) is 12.7. The maximum Gasteiger partial charge on any atom is 0.329 e. The quantitative estimate of drug-likeness (QED) is 0.812. The van der Waals surface area contributed by atoms with Crippen LogP contribution in [0, 0.1) is 3.57 Å². The SMILES string of the molecule is CN1CCC(Nc2cccc(I)c2)(C(=O)O)CC1. The lowest BCUT2D eigenvalue weighted by Gasteiger charge is -2.38. The van der Waals surface area contributed by atoms with Crippen LogP contribution in [0.15, 0.2) is 24.3 Å². The summed E-state index contributed by atoms with van der Waals surface area (Å²) in [7, 11) is 2.03. The Morgan fingerprint density at radius 3 is 2.67 bits per heavy atom. The molecule has 0 aromatic heterocycles. The van der Waals surface area contributed by atoms with Gasteiger partial charge in [-0.05, 0) is 60.7 Å². The first-order chi connectivity index (χ1) is 8.52. The van der Waals surface area contributed by atoms with Crippen molar-refractivity contribution in [1.82, 2.24) is 4.90 Å². The fourth-order valence-electron chi connectivity index (χ4n) is 2.24. The van der Waals surface area contributed by atoms with Gasteiger partial charge in [0.25, 0.3) is 0 Å². The summed E-state index contributed by atoms with van der Waals surface area (Å²) in [6.07, 6.45) is 1.26. The fourth-order valence-corrected chi connectivity index (χ4v) is 2.78. The number of rotatable bonds is 3. The molecule has 1 saturated heterocycles. The minimum absolute atomic E-state index is 0.629. The molecule has 0 aliphatic carbocycles. The molecule has 98 valence electrons. The average Bonchev–Trinajstić information content (AvgIpc) is 2.32. The van der Waals surface area contributed by atoms with E-state index in [1.54, 1.807) is 0 Å². The zero-order valence-corrected chi connectivity index (χ0v) is 12.5. The number of nitrogens with zero attached hydrogens (tertiary/aromatic N) is 1. The molecule has 0 saturated carbocycles. The molecule has 2 rings (SSSR count). The van der Waals surface area contributed by atoms with Gasteiger partial charge in [-0.15, -0.1) is 0 Å². The molecular weight excluding hydrogens is 343 g/mol. The summed E-state index contributed by atoms with van der Waals surface area (Å²) in [6, 6.07) is 7.83. The molecule has 0 spiro atoms. The Bertz CT molecular complexity index is 442. The Hall–Kier alpha value is -0.820. The number of halogens is 1. The van der Waals surface area contributed by atoms with E-state index in [0.29, 0.717) is 12.8 Å². The van der Waals surface area contributed by atoms with Gasteiger partial charge in [0, 0.05) is 22.3 Å². The van der Waals surface area contributed by atoms with Crippen molar-refractivity contribution in [2.45, 2.75) is 18.4 Å². The van der Waals surface area contributed by atoms with Crippen LogP contribution in [0.1, 0.15) is 12.8 Å². The summed E-state index contributed by atoms with van der Waals surface area (Å²) in [5.74, 6) is -0.755. The number of carboxylic acid groups (broad SMARTS) is 1. The van der Waals surface area contributed by atoms with Crippen molar-refractivity contribution in [3.05, 3.63) is 27.8 Å². The van der Waals surface area contributed by atoms with Gasteiger partial charge in [-0.3, -0.25) is 0 Å². The highest BCUT2D eigenvalue weighted by molar-refractivity contribution is 14.1. The number of nitrogens with one attached hydrogen (secondary N) is 1. The molecule has 0 atom stereocenters. The number of aliphatic carboxylic acids is 1. The van der Waals surface area contributed by atoms with E-state index in [4.69, 9.17) is 0 Å². The first-order valence-corrected chi connectivity index (χ1v) is 7.05. The van der Waals surface area contributed by atoms with E-state index in [-0.39, 0.29) is 0 Å². The summed E-state index contributed by atoms with van der Waals surface area (Å²) in [6.45, 7) is 1.62. The lowest BCUT2D eigenvalue weighted by Crippen LogP contribution is -2.53. The molecule has 2 N–H and O–H groups in total. The summed E-state index contributed by atoms with van der Waals surface area (Å²) < 4.78 is 1.10. The molecule has 18 heavy (non-hydrogen) atoms. The second-order valence-corrected chi connectivity index (χ2v) is 6.07. The third-order valence-corrected chi connectivity index (χ3v) is 4.13. The molecule has 1 fully saturated rings. The average molecular weight is 360 g/mol. The predicted molar refractivity (Wildman–Crippen MR) is 79.9 cm³/mol. The predicted octanol–water partition coefficient (Wildman–Crippen LogP) is 2.25. The van der Waals surface area contributed by atoms with Crippen molar-refractivity contribution in [2.24, 2.45) is 0 Å². The van der Waals surface area contributed by atoms with Crippen LogP contribution in [0.5, 0.6) is 0 Å². The number of carbonyl (C=O) groups is 1. The summed E-state index contributed by atoms with van der Waals surface area (Å²) in [4.78, 5) is 13.8. The molecule has 1 aliphatic rings. The summed E-state index contributed by atoms with van der Waals surface area (Å²) in [5.41, 5.74) is 0.0607. The molecule has 0 bridgehead atoms. The molecule has 1 aromatic rings. The van der Waals surface area contributed by atoms with Crippen molar-refractivity contribution in [3.8, 4) is 0 Å². The number of piperidine rings is 1. The van der Waals surface area contributed by atoms with Crippen LogP contribution in [0.2, 0.25) is 0 Å². The van der Waals surface area contributed by atoms with Gasteiger partial charge >= 0.3 is 5.97 Å². The lowest BCUT2D eigenvalue weighted by molar-refractivity contribution is -0.143. The van der Waals surface area contributed by atoms with Crippen LogP contribution < -0.4 is 5.32 Å². The van der Waals surface area contributed by atoms with Gasteiger partial charge in [-0.1, -0.05) is 6.07 Å². The maximum atomic E-state index is 11.6. The monoisotopic (exact) mass is 360 g/mol. The van der Waals surface area contributed by atoms with Gasteiger partial charge in [-0.25, -0.2) is 4.79 Å². The third-order valence-electron chi connectivity index (χ3n) is 3.46. The zero-order chi connectivity index (χ0) is 13.2. The third kappa shape index (κ3) is 2.95. The molecule has 5 heteroatoms. The fraction of sp³-hybridized carbons (Fsp3) is 0.462. The van der Waals surface area contributed by atoms with Crippen molar-refractivity contribution in [1.29, 1.82) is 0 Å². The zero-order valence-electron chi connectivity index (χ0n) is 10.3. The first kappa shape index (κ1) is 13.6. The van der Waals surface area contributed by atoms with Gasteiger partial charge in [0.2, 0.25) is 0 Å². The van der Waals surface area contributed by atoms with E-state index in [1.165, 1.54) is 0 Å². The van der Waals surface area contributed by atoms with Crippen molar-refractivity contribution in [3.63, 3.8) is 0 Å². The topological polar surface area (TPSA) is 52.6 Å². The minimum atomic E-state index is -0.822. The van der Waals surface area contributed by atoms with E-state index >= 15 is 0 Å². The largest absolute Gasteiger partial charge is 0.480 e. The number of hydrogen-bond acceptors (Lipinski definition) is 3. The first-order valence-electron chi connectivity index (χ1n) is 5.97. The number of carboxylic acids is 1. The Balaban J connectivity index is 2.19. The molecule has 0 unspecified atom stereocenters. The van der Waals surface area contributed by atoms with Crippen LogP contribution in [0.3, 0.4) is 0 Å². The Labute approximate surface area is 121 Å². The van der Waals surface area contributed by atoms with E-state index in [9.17, 15) is 9.90 Å². The van der Waals surface area contributed by atoms with E-state index in [1.807, 2.05) is 31.3 Å². The number of benzene rings is 1. The normalized spacial score (nSPS) is 19.4. The van der Waals surface area contributed by atoms with E-state index < -0.39 is 11.5 Å². The van der Waals surface area contributed by atoms with Crippen LogP contribution in [-0.4, -0.2) is 41.7 Å². The Kier molecular flexibility index (Phi) is 4.11. The minimum Gasteiger partial charge on any atom is -0.480 e. The number of anilines is 1. The van der Waals surface area contributed by atoms with Crippen molar-refractivity contribution in [2.75, 3.05) is 25.5 Å². The molecular formula is C13H17IN2O2.